The molecule has 3 nitrogen and oxygen atoms in total. The fourth-order valence-corrected chi connectivity index (χ4v) is 3.74. The molecule has 100 valence electrons. The van der Waals surface area contributed by atoms with E-state index < -0.39 is 0 Å². The van der Waals surface area contributed by atoms with Crippen molar-refractivity contribution in [2.24, 2.45) is 11.8 Å². The number of carbonyl (C=O) groups is 2. The Labute approximate surface area is 125 Å². The zero-order valence-electron chi connectivity index (χ0n) is 10.5. The molecule has 0 aromatic heterocycles. The van der Waals surface area contributed by atoms with E-state index in [0.29, 0.717) is 17.1 Å². The number of rotatable bonds is 1. The zero-order valence-corrected chi connectivity index (χ0v) is 12.8. The molecule has 1 aromatic rings. The molecule has 1 aliphatic heterocycles. The second kappa shape index (κ2) is 4.60. The summed E-state index contributed by atoms with van der Waals surface area (Å²) in [7, 11) is 0. The Morgan fingerprint density at radius 3 is 2.37 bits per heavy atom. The number of hydrogen-bond donors (Lipinski definition) is 0. The van der Waals surface area contributed by atoms with Crippen LogP contribution in [0, 0.1) is 18.8 Å². The van der Waals surface area contributed by atoms with Gasteiger partial charge in [0.2, 0.25) is 11.8 Å². The minimum atomic E-state index is -0.0839. The predicted octanol–water partition coefficient (Wildman–Crippen LogP) is 3.70. The van der Waals surface area contributed by atoms with E-state index in [2.05, 4.69) is 15.9 Å². The number of benzene rings is 1. The quantitative estimate of drug-likeness (QED) is 0.730. The zero-order chi connectivity index (χ0) is 13.7. The number of anilines is 1. The Bertz CT molecular complexity index is 565. The minimum Gasteiger partial charge on any atom is -0.274 e. The van der Waals surface area contributed by atoms with Crippen molar-refractivity contribution in [3.8, 4) is 0 Å². The lowest BCUT2D eigenvalue weighted by Gasteiger charge is -2.30. The maximum Gasteiger partial charge on any atom is 0.236 e. The molecule has 19 heavy (non-hydrogen) atoms. The average molecular weight is 343 g/mol. The number of halogens is 2. The third-order valence-electron chi connectivity index (χ3n) is 4.04. The molecule has 2 unspecified atom stereocenters. The number of nitrogens with zero attached hydrogens (tertiary/aromatic N) is 1. The topological polar surface area (TPSA) is 37.4 Å². The molecule has 0 radical (unpaired) electrons. The van der Waals surface area contributed by atoms with Crippen LogP contribution in [0.5, 0.6) is 0 Å². The number of hydrogen-bond acceptors (Lipinski definition) is 2. The van der Waals surface area contributed by atoms with E-state index >= 15 is 0 Å². The summed E-state index contributed by atoms with van der Waals surface area (Å²) in [4.78, 5) is 26.1. The highest BCUT2D eigenvalue weighted by molar-refractivity contribution is 9.10. The second-order valence-corrected chi connectivity index (χ2v) is 6.53. The summed E-state index contributed by atoms with van der Waals surface area (Å²) in [5.41, 5.74) is 1.49. The van der Waals surface area contributed by atoms with E-state index in [1.807, 2.05) is 13.0 Å². The second-order valence-electron chi connectivity index (χ2n) is 5.27. The first-order valence-electron chi connectivity index (χ1n) is 6.32. The number of piperidine rings is 1. The van der Waals surface area contributed by atoms with Crippen LogP contribution < -0.4 is 4.90 Å². The standard InChI is InChI=1S/C14H13BrClNO2/c1-7-4-10(15)12(6-11(7)16)17-13(18)8-2-3-9(5-8)14(17)19/h4,6,8-9H,2-3,5H2,1H3. The number of amides is 2. The average Bonchev–Trinajstić information content (AvgIpc) is 2.80. The molecule has 1 aromatic carbocycles. The predicted molar refractivity (Wildman–Crippen MR) is 77.2 cm³/mol. The summed E-state index contributed by atoms with van der Waals surface area (Å²) in [5, 5.41) is 0.566. The van der Waals surface area contributed by atoms with Crippen LogP contribution in [0.15, 0.2) is 16.6 Å². The highest BCUT2D eigenvalue weighted by Crippen LogP contribution is 2.42. The normalized spacial score (nSPS) is 26.2. The van der Waals surface area contributed by atoms with Gasteiger partial charge in [0.25, 0.3) is 0 Å². The molecule has 1 heterocycles. The van der Waals surface area contributed by atoms with Gasteiger partial charge in [-0.3, -0.25) is 9.59 Å². The van der Waals surface area contributed by atoms with Gasteiger partial charge in [0.1, 0.15) is 0 Å². The molecule has 3 rings (SSSR count). The van der Waals surface area contributed by atoms with Crippen molar-refractivity contribution in [1.29, 1.82) is 0 Å². The molecule has 2 amide bonds. The molecule has 0 spiro atoms. The smallest absolute Gasteiger partial charge is 0.236 e. The van der Waals surface area contributed by atoms with Crippen molar-refractivity contribution in [3.63, 3.8) is 0 Å². The lowest BCUT2D eigenvalue weighted by molar-refractivity contribution is -0.133. The number of carbonyl (C=O) groups excluding carboxylic acids is 2. The Hall–Kier alpha value is -0.870. The fourth-order valence-electron chi connectivity index (χ4n) is 2.95. The Morgan fingerprint density at radius 2 is 1.79 bits per heavy atom. The van der Waals surface area contributed by atoms with E-state index in [0.717, 1.165) is 22.9 Å². The molecular formula is C14H13BrClNO2. The van der Waals surface area contributed by atoms with Gasteiger partial charge < -0.3 is 0 Å². The number of aryl methyl sites for hydroxylation is 1. The molecule has 2 fully saturated rings. The van der Waals surface area contributed by atoms with Crippen LogP contribution in [0.1, 0.15) is 24.8 Å². The molecule has 5 heteroatoms. The van der Waals surface area contributed by atoms with Gasteiger partial charge >= 0.3 is 0 Å². The summed E-state index contributed by atoms with van der Waals surface area (Å²) in [5.74, 6) is -0.178. The highest BCUT2D eigenvalue weighted by atomic mass is 79.9. The summed E-state index contributed by atoms with van der Waals surface area (Å²) in [6.07, 6.45) is 2.36. The number of fused-ring (bicyclic) bond motifs is 2. The van der Waals surface area contributed by atoms with Crippen molar-refractivity contribution >= 4 is 45.0 Å². The SMILES string of the molecule is Cc1cc(Br)c(N2C(=O)C3CCC(C3)C2=O)cc1Cl. The highest BCUT2D eigenvalue weighted by Gasteiger charge is 2.46. The van der Waals surface area contributed by atoms with E-state index in [-0.39, 0.29) is 23.7 Å². The van der Waals surface area contributed by atoms with Gasteiger partial charge in [-0.05, 0) is 59.8 Å². The Balaban J connectivity index is 2.08. The number of imide groups is 1. The lowest BCUT2D eigenvalue weighted by atomic mass is 9.96. The van der Waals surface area contributed by atoms with Gasteiger partial charge in [0.05, 0.1) is 5.69 Å². The van der Waals surface area contributed by atoms with Gasteiger partial charge in [0, 0.05) is 21.3 Å². The molecular weight excluding hydrogens is 330 g/mol. The van der Waals surface area contributed by atoms with Crippen molar-refractivity contribution in [2.45, 2.75) is 26.2 Å². The minimum absolute atomic E-state index is 0.00493. The van der Waals surface area contributed by atoms with Crippen LogP contribution >= 0.6 is 27.5 Å². The van der Waals surface area contributed by atoms with Crippen LogP contribution in [0.4, 0.5) is 5.69 Å². The van der Waals surface area contributed by atoms with E-state index in [9.17, 15) is 9.59 Å². The van der Waals surface area contributed by atoms with Crippen LogP contribution in [-0.4, -0.2) is 11.8 Å². The first kappa shape index (κ1) is 13.1. The lowest BCUT2D eigenvalue weighted by Crippen LogP contribution is -2.46. The van der Waals surface area contributed by atoms with Crippen LogP contribution in [0.3, 0.4) is 0 Å². The van der Waals surface area contributed by atoms with Crippen LogP contribution in [-0.2, 0) is 9.59 Å². The first-order chi connectivity index (χ1) is 8.99. The van der Waals surface area contributed by atoms with Gasteiger partial charge in [0.15, 0.2) is 0 Å². The Kier molecular flexibility index (Phi) is 3.18. The first-order valence-corrected chi connectivity index (χ1v) is 7.49. The molecule has 2 atom stereocenters. The van der Waals surface area contributed by atoms with Crippen molar-refractivity contribution in [1.82, 2.24) is 0 Å². The van der Waals surface area contributed by atoms with Crippen molar-refractivity contribution < 1.29 is 9.59 Å². The van der Waals surface area contributed by atoms with Gasteiger partial charge in [-0.2, -0.15) is 0 Å². The molecule has 2 bridgehead atoms. The van der Waals surface area contributed by atoms with Crippen molar-refractivity contribution in [2.75, 3.05) is 4.90 Å². The molecule has 1 aliphatic carbocycles. The van der Waals surface area contributed by atoms with E-state index in [1.165, 1.54) is 4.90 Å². The molecule has 2 aliphatic rings. The van der Waals surface area contributed by atoms with Crippen LogP contribution in [0.2, 0.25) is 5.02 Å². The largest absolute Gasteiger partial charge is 0.274 e. The fraction of sp³-hybridized carbons (Fsp3) is 0.429. The monoisotopic (exact) mass is 341 g/mol. The summed E-state index contributed by atoms with van der Waals surface area (Å²) >= 11 is 9.55. The Morgan fingerprint density at radius 1 is 1.21 bits per heavy atom. The molecule has 1 saturated heterocycles. The van der Waals surface area contributed by atoms with Gasteiger partial charge in [-0.1, -0.05) is 11.6 Å². The van der Waals surface area contributed by atoms with E-state index in [1.54, 1.807) is 6.07 Å². The third kappa shape index (κ3) is 2.01. The van der Waals surface area contributed by atoms with Gasteiger partial charge in [-0.25, -0.2) is 4.90 Å². The molecule has 1 saturated carbocycles. The summed E-state index contributed by atoms with van der Waals surface area (Å²) in [6.45, 7) is 1.89. The van der Waals surface area contributed by atoms with E-state index in [4.69, 9.17) is 11.6 Å². The maximum atomic E-state index is 12.4. The van der Waals surface area contributed by atoms with Crippen molar-refractivity contribution in [3.05, 3.63) is 27.2 Å². The summed E-state index contributed by atoms with van der Waals surface area (Å²) < 4.78 is 0.734. The maximum absolute atomic E-state index is 12.4. The van der Waals surface area contributed by atoms with Crippen LogP contribution in [0.25, 0.3) is 0 Å². The van der Waals surface area contributed by atoms with Gasteiger partial charge in [-0.15, -0.1) is 0 Å². The summed E-state index contributed by atoms with van der Waals surface area (Å²) in [6, 6.07) is 3.54. The molecule has 0 N–H and O–H groups in total. The third-order valence-corrected chi connectivity index (χ3v) is 5.08.